The van der Waals surface area contributed by atoms with Crippen LogP contribution in [0.3, 0.4) is 0 Å². The fraction of sp³-hybridized carbons (Fsp3) is 0.929. The maximum Gasteiger partial charge on any atom is 0.239 e. The van der Waals surface area contributed by atoms with E-state index >= 15 is 0 Å². The lowest BCUT2D eigenvalue weighted by atomic mass is 9.88. The highest BCUT2D eigenvalue weighted by molar-refractivity contribution is 5.83. The van der Waals surface area contributed by atoms with Gasteiger partial charge < -0.3 is 10.2 Å². The second kappa shape index (κ2) is 4.60. The molecule has 0 aromatic carbocycles. The summed E-state index contributed by atoms with van der Waals surface area (Å²) in [6.07, 6.45) is 6.72. The van der Waals surface area contributed by atoms with Crippen LogP contribution in [0.15, 0.2) is 0 Å². The molecule has 0 radical (unpaired) electrons. The summed E-state index contributed by atoms with van der Waals surface area (Å²) in [5, 5.41) is 3.29. The number of nitrogens with one attached hydrogen (secondary N) is 1. The van der Waals surface area contributed by atoms with Crippen LogP contribution in [0.4, 0.5) is 0 Å². The molecule has 0 aromatic heterocycles. The van der Waals surface area contributed by atoms with E-state index in [1.165, 1.54) is 25.7 Å². The molecule has 2 aliphatic carbocycles. The van der Waals surface area contributed by atoms with Gasteiger partial charge in [-0.2, -0.15) is 0 Å². The average Bonchev–Trinajstić information content (AvgIpc) is 3.00. The van der Waals surface area contributed by atoms with E-state index in [4.69, 9.17) is 0 Å². The van der Waals surface area contributed by atoms with Gasteiger partial charge in [0, 0.05) is 13.1 Å². The van der Waals surface area contributed by atoms with Gasteiger partial charge in [-0.15, -0.1) is 0 Å². The molecule has 1 aliphatic heterocycles. The summed E-state index contributed by atoms with van der Waals surface area (Å²) in [6, 6.07) is 0.110. The summed E-state index contributed by atoms with van der Waals surface area (Å²) in [5.41, 5.74) is 0. The largest absolute Gasteiger partial charge is 0.341 e. The quantitative estimate of drug-likeness (QED) is 0.804. The number of carbonyl (C=O) groups is 1. The Hall–Kier alpha value is -0.570. The number of fused-ring (bicyclic) bond motifs is 2. The Morgan fingerprint density at radius 3 is 2.82 bits per heavy atom. The van der Waals surface area contributed by atoms with Crippen LogP contribution in [-0.2, 0) is 4.79 Å². The van der Waals surface area contributed by atoms with Crippen molar-refractivity contribution in [1.29, 1.82) is 0 Å². The molecule has 2 saturated carbocycles. The van der Waals surface area contributed by atoms with Gasteiger partial charge in [0.2, 0.25) is 5.91 Å². The van der Waals surface area contributed by atoms with Gasteiger partial charge in [-0.25, -0.2) is 0 Å². The molecular weight excluding hydrogens is 212 g/mol. The van der Waals surface area contributed by atoms with E-state index in [2.05, 4.69) is 17.1 Å². The van der Waals surface area contributed by atoms with E-state index in [-0.39, 0.29) is 6.04 Å². The summed E-state index contributed by atoms with van der Waals surface area (Å²) in [5.74, 6) is 3.10. The van der Waals surface area contributed by atoms with Crippen LogP contribution in [0.2, 0.25) is 0 Å². The van der Waals surface area contributed by atoms with Gasteiger partial charge in [0.25, 0.3) is 0 Å². The van der Waals surface area contributed by atoms with Gasteiger partial charge in [-0.05, 0) is 50.0 Å². The van der Waals surface area contributed by atoms with Crippen LogP contribution in [0.25, 0.3) is 0 Å². The lowest BCUT2D eigenvalue weighted by Crippen LogP contribution is -2.40. The molecule has 0 spiro atoms. The molecule has 1 amide bonds. The topological polar surface area (TPSA) is 32.3 Å². The second-order valence-electron chi connectivity index (χ2n) is 6.12. The molecule has 1 heterocycles. The Kier molecular flexibility index (Phi) is 3.12. The third kappa shape index (κ3) is 2.10. The summed E-state index contributed by atoms with van der Waals surface area (Å²) < 4.78 is 0. The number of hydrogen-bond donors (Lipinski definition) is 1. The van der Waals surface area contributed by atoms with Crippen molar-refractivity contribution in [2.24, 2.45) is 17.8 Å². The maximum atomic E-state index is 12.2. The van der Waals surface area contributed by atoms with Crippen LogP contribution >= 0.6 is 0 Å². The van der Waals surface area contributed by atoms with Gasteiger partial charge in [-0.3, -0.25) is 4.79 Å². The first kappa shape index (κ1) is 11.5. The first-order chi connectivity index (χ1) is 8.28. The van der Waals surface area contributed by atoms with Gasteiger partial charge in [0.15, 0.2) is 0 Å². The van der Waals surface area contributed by atoms with Crippen LogP contribution in [0, 0.1) is 17.8 Å². The molecule has 3 rings (SSSR count). The number of nitrogens with zero attached hydrogens (tertiary/aromatic N) is 1. The lowest BCUT2D eigenvalue weighted by Gasteiger charge is -2.27. The van der Waals surface area contributed by atoms with Crippen molar-refractivity contribution in [2.45, 2.75) is 45.1 Å². The van der Waals surface area contributed by atoms with Crippen LogP contribution in [0.1, 0.15) is 39.0 Å². The molecule has 0 aromatic rings. The molecule has 17 heavy (non-hydrogen) atoms. The maximum absolute atomic E-state index is 12.2. The average molecular weight is 236 g/mol. The number of hydrogen-bond acceptors (Lipinski definition) is 2. The van der Waals surface area contributed by atoms with Crippen molar-refractivity contribution in [2.75, 3.05) is 19.6 Å². The van der Waals surface area contributed by atoms with E-state index in [9.17, 15) is 4.79 Å². The smallest absolute Gasteiger partial charge is 0.239 e. The van der Waals surface area contributed by atoms with E-state index in [1.54, 1.807) is 0 Å². The summed E-state index contributed by atoms with van der Waals surface area (Å²) in [4.78, 5) is 14.3. The minimum atomic E-state index is 0.110. The molecule has 3 heteroatoms. The predicted molar refractivity (Wildman–Crippen MR) is 67.6 cm³/mol. The highest BCUT2D eigenvalue weighted by Crippen LogP contribution is 2.48. The predicted octanol–water partition coefficient (Wildman–Crippen LogP) is 1.63. The minimum Gasteiger partial charge on any atom is -0.341 e. The molecule has 96 valence electrons. The molecule has 1 N–H and O–H groups in total. The fourth-order valence-corrected chi connectivity index (χ4v) is 4.24. The van der Waals surface area contributed by atoms with Crippen molar-refractivity contribution >= 4 is 5.91 Å². The zero-order valence-electron chi connectivity index (χ0n) is 10.8. The number of amides is 1. The lowest BCUT2D eigenvalue weighted by molar-refractivity contribution is -0.130. The molecule has 4 unspecified atom stereocenters. The van der Waals surface area contributed by atoms with Crippen LogP contribution in [-0.4, -0.2) is 36.5 Å². The zero-order chi connectivity index (χ0) is 11.8. The minimum absolute atomic E-state index is 0.110. The molecule has 3 nitrogen and oxygen atoms in total. The standard InChI is InChI=1S/C14H24N2O/c1-2-15-13-5-6-16(14(13)17)9-12-8-10-3-4-11(12)7-10/h10-13,15H,2-9H2,1H3. The summed E-state index contributed by atoms with van der Waals surface area (Å²) in [7, 11) is 0. The molecule has 4 atom stereocenters. The van der Waals surface area contributed by atoms with Crippen molar-refractivity contribution in [3.8, 4) is 0 Å². The third-order valence-electron chi connectivity index (χ3n) is 5.09. The Labute approximate surface area is 104 Å². The molecule has 3 aliphatic rings. The Balaban J connectivity index is 1.54. The fourth-order valence-electron chi connectivity index (χ4n) is 4.24. The Bertz CT molecular complexity index is 305. The normalized spacial score (nSPS) is 40.5. The van der Waals surface area contributed by atoms with Gasteiger partial charge in [0.05, 0.1) is 6.04 Å². The molecule has 1 saturated heterocycles. The van der Waals surface area contributed by atoms with Gasteiger partial charge >= 0.3 is 0 Å². The molecular formula is C14H24N2O. The number of carbonyl (C=O) groups excluding carboxylic acids is 1. The van der Waals surface area contributed by atoms with E-state index in [0.717, 1.165) is 43.8 Å². The van der Waals surface area contributed by atoms with Gasteiger partial charge in [-0.1, -0.05) is 13.3 Å². The second-order valence-corrected chi connectivity index (χ2v) is 6.12. The highest BCUT2D eigenvalue weighted by Gasteiger charge is 2.42. The van der Waals surface area contributed by atoms with Crippen LogP contribution < -0.4 is 5.32 Å². The number of likely N-dealkylation sites (tertiary alicyclic amines) is 1. The highest BCUT2D eigenvalue weighted by atomic mass is 16.2. The van der Waals surface area contributed by atoms with Crippen molar-refractivity contribution in [3.63, 3.8) is 0 Å². The van der Waals surface area contributed by atoms with E-state index in [1.807, 2.05) is 0 Å². The molecule has 2 bridgehead atoms. The summed E-state index contributed by atoms with van der Waals surface area (Å²) >= 11 is 0. The Morgan fingerprint density at radius 1 is 1.29 bits per heavy atom. The van der Waals surface area contributed by atoms with Crippen molar-refractivity contribution in [3.05, 3.63) is 0 Å². The van der Waals surface area contributed by atoms with Crippen LogP contribution in [0.5, 0.6) is 0 Å². The number of likely N-dealkylation sites (N-methyl/N-ethyl adjacent to an activating group) is 1. The SMILES string of the molecule is CCNC1CCN(CC2CC3CCC2C3)C1=O. The third-order valence-corrected chi connectivity index (χ3v) is 5.09. The summed E-state index contributed by atoms with van der Waals surface area (Å²) in [6.45, 7) is 5.00. The number of rotatable bonds is 4. The van der Waals surface area contributed by atoms with E-state index < -0.39 is 0 Å². The zero-order valence-corrected chi connectivity index (χ0v) is 10.8. The first-order valence-corrected chi connectivity index (χ1v) is 7.30. The first-order valence-electron chi connectivity index (χ1n) is 7.30. The van der Waals surface area contributed by atoms with Crippen molar-refractivity contribution in [1.82, 2.24) is 10.2 Å². The van der Waals surface area contributed by atoms with Gasteiger partial charge in [0.1, 0.15) is 0 Å². The van der Waals surface area contributed by atoms with E-state index in [0.29, 0.717) is 5.91 Å². The monoisotopic (exact) mass is 236 g/mol. The van der Waals surface area contributed by atoms with Crippen molar-refractivity contribution < 1.29 is 4.79 Å². The molecule has 3 fully saturated rings. The Morgan fingerprint density at radius 2 is 2.18 bits per heavy atom.